The molecule has 1 aliphatic carbocycles. The van der Waals surface area contributed by atoms with Gasteiger partial charge in [-0.3, -0.25) is 14.3 Å². The minimum atomic E-state index is -3.55. The molecule has 3 N–H and O–H groups in total. The molecule has 0 spiro atoms. The fourth-order valence-corrected chi connectivity index (χ4v) is 4.27. The van der Waals surface area contributed by atoms with Crippen LogP contribution in [0.25, 0.3) is 0 Å². The molecule has 0 radical (unpaired) electrons. The van der Waals surface area contributed by atoms with Crippen molar-refractivity contribution in [1.82, 2.24) is 4.72 Å². The number of sulfonamides is 1. The molecular weight excluding hydrogens is 470 g/mol. The Kier molecular flexibility index (Phi) is 10.6. The largest absolute Gasteiger partial charge is 0.491 e. The molecule has 8 nitrogen and oxygen atoms in total. The van der Waals surface area contributed by atoms with Gasteiger partial charge in [-0.25, -0.2) is 8.42 Å². The smallest absolute Gasteiger partial charge is 0.233 e. The standard InChI is InChI=1S/C23H30ClNO7S/c1-33(30,31)25-23(29)10-5-3-2-4-9-19-20(22(28)14-21(19)27)12-11-17(26)15-32-18-8-6-7-16(24)13-18/h2,4,6-8,11-13,17,19-20,22,26,28H,3,5,9-10,14-15H2,1H3,(H,25,29)/b4-2-,12-11+/t17-,19-,20?,22-/m1/s1. The van der Waals surface area contributed by atoms with Crippen LogP contribution in [0.3, 0.4) is 0 Å². The highest BCUT2D eigenvalue weighted by Gasteiger charge is 2.39. The number of carbonyl (C=O) groups excluding carboxylic acids is 2. The molecule has 1 fully saturated rings. The van der Waals surface area contributed by atoms with Crippen LogP contribution in [0.1, 0.15) is 32.1 Å². The lowest BCUT2D eigenvalue weighted by atomic mass is 9.90. The van der Waals surface area contributed by atoms with Crippen LogP contribution < -0.4 is 9.46 Å². The van der Waals surface area contributed by atoms with E-state index in [1.807, 2.05) is 16.9 Å². The molecule has 2 rings (SSSR count). The monoisotopic (exact) mass is 499 g/mol. The summed E-state index contributed by atoms with van der Waals surface area (Å²) >= 11 is 5.90. The van der Waals surface area contributed by atoms with Crippen LogP contribution in [-0.2, 0) is 19.6 Å². The van der Waals surface area contributed by atoms with E-state index in [-0.39, 0.29) is 25.2 Å². The molecule has 0 aliphatic heterocycles. The summed E-state index contributed by atoms with van der Waals surface area (Å²) in [6, 6.07) is 6.82. The summed E-state index contributed by atoms with van der Waals surface area (Å²) in [7, 11) is -3.55. The fourth-order valence-electron chi connectivity index (χ4n) is 3.58. The first-order valence-corrected chi connectivity index (χ1v) is 12.9. The topological polar surface area (TPSA) is 130 Å². The van der Waals surface area contributed by atoms with Crippen LogP contribution in [0.2, 0.25) is 5.02 Å². The molecule has 0 saturated heterocycles. The number of amides is 1. The molecule has 0 aromatic heterocycles. The van der Waals surface area contributed by atoms with Crippen molar-refractivity contribution in [3.63, 3.8) is 0 Å². The van der Waals surface area contributed by atoms with Gasteiger partial charge in [-0.1, -0.05) is 42.0 Å². The maximum Gasteiger partial charge on any atom is 0.233 e. The first-order valence-electron chi connectivity index (χ1n) is 10.7. The quantitative estimate of drug-likeness (QED) is 0.297. The summed E-state index contributed by atoms with van der Waals surface area (Å²) in [5, 5.41) is 21.0. The van der Waals surface area contributed by atoms with E-state index < -0.39 is 40.0 Å². The summed E-state index contributed by atoms with van der Waals surface area (Å²) < 4.78 is 29.4. The van der Waals surface area contributed by atoms with Crippen molar-refractivity contribution >= 4 is 33.3 Å². The number of nitrogens with one attached hydrogen (secondary N) is 1. The SMILES string of the molecule is CS(=O)(=O)NC(=O)CCC/C=C\C[C@H]1C(=O)C[C@@H](O)C1/C=C/[C@@H](O)COc1cccc(Cl)c1. The van der Waals surface area contributed by atoms with Gasteiger partial charge in [-0.15, -0.1) is 0 Å². The number of ether oxygens (including phenoxy) is 1. The van der Waals surface area contributed by atoms with Crippen molar-refractivity contribution in [3.8, 4) is 5.75 Å². The number of benzene rings is 1. The Hall–Kier alpha value is -2.20. The lowest BCUT2D eigenvalue weighted by Gasteiger charge is -2.17. The number of ketones is 1. The number of hydrogen-bond donors (Lipinski definition) is 3. The Morgan fingerprint density at radius 3 is 2.82 bits per heavy atom. The Labute approximate surface area is 199 Å². The lowest BCUT2D eigenvalue weighted by Crippen LogP contribution is -2.28. The van der Waals surface area contributed by atoms with E-state index in [0.29, 0.717) is 30.0 Å². The predicted octanol–water partition coefficient (Wildman–Crippen LogP) is 2.39. The number of allylic oxidation sites excluding steroid dienone is 2. The van der Waals surface area contributed by atoms with Gasteiger partial charge in [0, 0.05) is 29.7 Å². The Morgan fingerprint density at radius 1 is 1.36 bits per heavy atom. The fraction of sp³-hybridized carbons (Fsp3) is 0.478. The van der Waals surface area contributed by atoms with Gasteiger partial charge in [-0.2, -0.15) is 0 Å². The van der Waals surface area contributed by atoms with Crippen LogP contribution in [0.4, 0.5) is 0 Å². The predicted molar refractivity (Wildman–Crippen MR) is 125 cm³/mol. The second-order valence-electron chi connectivity index (χ2n) is 8.04. The number of unbranched alkanes of at least 4 members (excludes halogenated alkanes) is 1. The van der Waals surface area contributed by atoms with E-state index in [1.54, 1.807) is 30.3 Å². The average molecular weight is 500 g/mol. The summed E-state index contributed by atoms with van der Waals surface area (Å²) in [6.07, 6.45) is 7.64. The minimum Gasteiger partial charge on any atom is -0.491 e. The zero-order valence-corrected chi connectivity index (χ0v) is 20.0. The lowest BCUT2D eigenvalue weighted by molar-refractivity contribution is -0.121. The first-order chi connectivity index (χ1) is 15.5. The van der Waals surface area contributed by atoms with E-state index in [2.05, 4.69) is 0 Å². The summed E-state index contributed by atoms with van der Waals surface area (Å²) in [4.78, 5) is 23.7. The van der Waals surface area contributed by atoms with Gasteiger partial charge in [0.05, 0.1) is 12.4 Å². The molecule has 1 amide bonds. The maximum absolute atomic E-state index is 12.3. The van der Waals surface area contributed by atoms with Crippen LogP contribution in [-0.4, -0.2) is 55.4 Å². The van der Waals surface area contributed by atoms with Crippen molar-refractivity contribution < 1.29 is 33.0 Å². The third-order valence-electron chi connectivity index (χ3n) is 5.14. The van der Waals surface area contributed by atoms with Crippen molar-refractivity contribution in [1.29, 1.82) is 0 Å². The van der Waals surface area contributed by atoms with Gasteiger partial charge in [0.2, 0.25) is 15.9 Å². The van der Waals surface area contributed by atoms with Crippen molar-refractivity contribution in [2.75, 3.05) is 12.9 Å². The second kappa shape index (κ2) is 12.9. The van der Waals surface area contributed by atoms with Gasteiger partial charge < -0.3 is 14.9 Å². The normalized spacial score (nSPS) is 22.2. The van der Waals surface area contributed by atoms with Crippen LogP contribution in [0.15, 0.2) is 48.6 Å². The molecule has 4 atom stereocenters. The van der Waals surface area contributed by atoms with E-state index in [4.69, 9.17) is 16.3 Å². The van der Waals surface area contributed by atoms with Gasteiger partial charge >= 0.3 is 0 Å². The van der Waals surface area contributed by atoms with Crippen molar-refractivity contribution in [3.05, 3.63) is 53.6 Å². The molecule has 1 saturated carbocycles. The zero-order chi connectivity index (χ0) is 24.4. The van der Waals surface area contributed by atoms with Crippen molar-refractivity contribution in [2.24, 2.45) is 11.8 Å². The molecule has 1 unspecified atom stereocenters. The molecule has 33 heavy (non-hydrogen) atoms. The Bertz CT molecular complexity index is 977. The molecule has 0 bridgehead atoms. The molecule has 1 aromatic rings. The van der Waals surface area contributed by atoms with Gasteiger partial charge in [0.1, 0.15) is 24.2 Å². The van der Waals surface area contributed by atoms with Crippen molar-refractivity contribution in [2.45, 2.75) is 44.3 Å². The number of carbonyl (C=O) groups is 2. The number of hydrogen-bond acceptors (Lipinski definition) is 7. The third kappa shape index (κ3) is 10.1. The molecular formula is C23H30ClNO7S. The van der Waals surface area contributed by atoms with E-state index in [9.17, 15) is 28.2 Å². The highest BCUT2D eigenvalue weighted by atomic mass is 35.5. The number of rotatable bonds is 12. The third-order valence-corrected chi connectivity index (χ3v) is 5.97. The maximum atomic E-state index is 12.3. The Morgan fingerprint density at radius 2 is 2.12 bits per heavy atom. The minimum absolute atomic E-state index is 0.00504. The zero-order valence-electron chi connectivity index (χ0n) is 18.4. The van der Waals surface area contributed by atoms with E-state index in [1.165, 1.54) is 6.08 Å². The molecule has 10 heteroatoms. The highest BCUT2D eigenvalue weighted by Crippen LogP contribution is 2.33. The van der Waals surface area contributed by atoms with Gasteiger partial charge in [0.25, 0.3) is 0 Å². The number of aliphatic hydroxyl groups excluding tert-OH is 2. The van der Waals surface area contributed by atoms with Crippen LogP contribution in [0.5, 0.6) is 5.75 Å². The second-order valence-corrected chi connectivity index (χ2v) is 10.2. The van der Waals surface area contributed by atoms with E-state index >= 15 is 0 Å². The first kappa shape index (κ1) is 27.0. The number of Topliss-reactive ketones (excluding diaryl/α,β-unsaturated/α-hetero) is 1. The number of aliphatic hydroxyl groups is 2. The van der Waals surface area contributed by atoms with Gasteiger partial charge in [0.15, 0.2) is 0 Å². The average Bonchev–Trinajstić information content (AvgIpc) is 2.98. The van der Waals surface area contributed by atoms with Gasteiger partial charge in [-0.05, 0) is 37.5 Å². The van der Waals surface area contributed by atoms with Crippen LogP contribution in [0, 0.1) is 11.8 Å². The summed E-state index contributed by atoms with van der Waals surface area (Å²) in [5.74, 6) is -0.879. The molecule has 1 aromatic carbocycles. The molecule has 182 valence electrons. The highest BCUT2D eigenvalue weighted by molar-refractivity contribution is 7.89. The molecule has 0 heterocycles. The summed E-state index contributed by atoms with van der Waals surface area (Å²) in [5.41, 5.74) is 0. The van der Waals surface area contributed by atoms with E-state index in [0.717, 1.165) is 6.26 Å². The number of halogens is 1. The van der Waals surface area contributed by atoms with Crippen LogP contribution >= 0.6 is 11.6 Å². The summed E-state index contributed by atoms with van der Waals surface area (Å²) in [6.45, 7) is 0.00504. The Balaban J connectivity index is 1.79. The molecule has 1 aliphatic rings.